The van der Waals surface area contributed by atoms with E-state index in [0.717, 1.165) is 4.88 Å². The van der Waals surface area contributed by atoms with Crippen LogP contribution >= 0.6 is 11.3 Å². The van der Waals surface area contributed by atoms with E-state index in [9.17, 15) is 4.79 Å². The number of rotatable bonds is 5. The largest absolute Gasteiger partial charge is 0.346 e. The zero-order valence-electron chi connectivity index (χ0n) is 12.3. The van der Waals surface area contributed by atoms with E-state index in [1.165, 1.54) is 11.8 Å². The summed E-state index contributed by atoms with van der Waals surface area (Å²) in [7, 11) is 0. The average Bonchev–Trinajstić information content (AvgIpc) is 2.89. The van der Waals surface area contributed by atoms with Crippen LogP contribution in [-0.2, 0) is 6.54 Å². The Morgan fingerprint density at radius 1 is 1.48 bits per heavy atom. The molecule has 2 aromatic heterocycles. The molecule has 0 aromatic carbocycles. The molecule has 4 N–H and O–H groups in total. The van der Waals surface area contributed by atoms with Crippen LogP contribution in [-0.4, -0.2) is 15.9 Å². The van der Waals surface area contributed by atoms with Crippen LogP contribution in [0.1, 0.15) is 46.5 Å². The fourth-order valence-corrected chi connectivity index (χ4v) is 2.63. The molecule has 0 spiro atoms. The summed E-state index contributed by atoms with van der Waals surface area (Å²) in [6.07, 6.45) is 1.54. The second-order valence-electron chi connectivity index (χ2n) is 5.00. The number of aryl methyl sites for hydroxylation is 1. The van der Waals surface area contributed by atoms with E-state index in [2.05, 4.69) is 20.7 Å². The lowest BCUT2D eigenvalue weighted by Gasteiger charge is -2.11. The first-order valence-corrected chi connectivity index (χ1v) is 7.55. The summed E-state index contributed by atoms with van der Waals surface area (Å²) in [4.78, 5) is 21.9. The van der Waals surface area contributed by atoms with E-state index in [0.29, 0.717) is 18.1 Å². The van der Waals surface area contributed by atoms with Crippen molar-refractivity contribution in [1.82, 2.24) is 15.3 Å². The molecule has 2 heterocycles. The van der Waals surface area contributed by atoms with E-state index in [1.54, 1.807) is 11.3 Å². The fourth-order valence-electron chi connectivity index (χ4n) is 1.78. The summed E-state index contributed by atoms with van der Waals surface area (Å²) in [5.41, 5.74) is 4.32. The van der Waals surface area contributed by atoms with Crippen molar-refractivity contribution in [1.29, 1.82) is 0 Å². The molecule has 21 heavy (non-hydrogen) atoms. The minimum atomic E-state index is -0.264. The van der Waals surface area contributed by atoms with Gasteiger partial charge < -0.3 is 10.7 Å². The van der Waals surface area contributed by atoms with Crippen LogP contribution in [0, 0.1) is 6.92 Å². The van der Waals surface area contributed by atoms with Gasteiger partial charge in [0, 0.05) is 10.8 Å². The number of thiophene rings is 1. The third-order valence-corrected chi connectivity index (χ3v) is 4.10. The van der Waals surface area contributed by atoms with Gasteiger partial charge >= 0.3 is 0 Å². The van der Waals surface area contributed by atoms with Gasteiger partial charge in [0.1, 0.15) is 5.82 Å². The number of hydrogen-bond acceptors (Lipinski definition) is 6. The first-order valence-electron chi connectivity index (χ1n) is 6.67. The molecule has 112 valence electrons. The lowest BCUT2D eigenvalue weighted by Crippen LogP contribution is -2.26. The molecule has 1 amide bonds. The summed E-state index contributed by atoms with van der Waals surface area (Å²) in [6, 6.07) is 2.03. The number of carbonyl (C=O) groups is 1. The highest BCUT2D eigenvalue weighted by Gasteiger charge is 2.16. The predicted molar refractivity (Wildman–Crippen MR) is 84.2 cm³/mol. The van der Waals surface area contributed by atoms with Crippen molar-refractivity contribution in [3.05, 3.63) is 39.6 Å². The van der Waals surface area contributed by atoms with Gasteiger partial charge in [-0.1, -0.05) is 13.8 Å². The number of hydrazine groups is 1. The highest BCUT2D eigenvalue weighted by molar-refractivity contribution is 7.10. The topological polar surface area (TPSA) is 92.9 Å². The number of anilines is 1. The van der Waals surface area contributed by atoms with Gasteiger partial charge in [0.05, 0.1) is 18.4 Å². The highest BCUT2D eigenvalue weighted by Crippen LogP contribution is 2.17. The molecular formula is C14H19N5OS. The monoisotopic (exact) mass is 305 g/mol. The van der Waals surface area contributed by atoms with E-state index >= 15 is 0 Å². The predicted octanol–water partition coefficient (Wildman–Crippen LogP) is 2.19. The Bertz CT molecular complexity index is 638. The third kappa shape index (κ3) is 3.56. The second kappa shape index (κ2) is 6.64. The number of nitrogens with one attached hydrogen (secondary N) is 2. The Morgan fingerprint density at radius 2 is 2.24 bits per heavy atom. The van der Waals surface area contributed by atoms with Gasteiger partial charge in [0.2, 0.25) is 0 Å². The summed E-state index contributed by atoms with van der Waals surface area (Å²) in [6.45, 7) is 6.45. The quantitative estimate of drug-likeness (QED) is 0.581. The van der Waals surface area contributed by atoms with Crippen molar-refractivity contribution in [3.63, 3.8) is 0 Å². The SMILES string of the molecule is Cc1ccsc1CNC(=O)c1nc(C(C)C)ncc1NN. The number of nitrogens with two attached hydrogens (primary N) is 1. The molecule has 2 rings (SSSR count). The molecular weight excluding hydrogens is 286 g/mol. The first-order chi connectivity index (χ1) is 10.0. The molecule has 6 nitrogen and oxygen atoms in total. The standard InChI is InChI=1S/C14H19N5OS/c1-8(2)13-16-6-10(19-15)12(18-13)14(20)17-7-11-9(3)4-5-21-11/h4-6,8,19H,7,15H2,1-3H3,(H,17,20). The molecule has 0 bridgehead atoms. The summed E-state index contributed by atoms with van der Waals surface area (Å²) in [5.74, 6) is 5.92. The van der Waals surface area contributed by atoms with Crippen molar-refractivity contribution in [2.75, 3.05) is 5.43 Å². The van der Waals surface area contributed by atoms with Gasteiger partial charge in [-0.2, -0.15) is 0 Å². The fraction of sp³-hybridized carbons (Fsp3) is 0.357. The molecule has 0 unspecified atom stereocenters. The number of aromatic nitrogens is 2. The maximum atomic E-state index is 12.3. The van der Waals surface area contributed by atoms with Crippen LogP contribution in [0.25, 0.3) is 0 Å². The minimum Gasteiger partial charge on any atom is -0.346 e. The van der Waals surface area contributed by atoms with E-state index in [4.69, 9.17) is 5.84 Å². The molecule has 0 saturated carbocycles. The third-order valence-electron chi connectivity index (χ3n) is 3.07. The molecule has 2 aromatic rings. The second-order valence-corrected chi connectivity index (χ2v) is 6.00. The van der Waals surface area contributed by atoms with Gasteiger partial charge in [-0.3, -0.25) is 10.6 Å². The molecule has 0 atom stereocenters. The maximum absolute atomic E-state index is 12.3. The molecule has 0 saturated heterocycles. The molecule has 0 radical (unpaired) electrons. The van der Waals surface area contributed by atoms with Crippen molar-refractivity contribution >= 4 is 22.9 Å². The van der Waals surface area contributed by atoms with Gasteiger partial charge in [0.15, 0.2) is 5.69 Å². The normalized spacial score (nSPS) is 10.7. The molecule has 0 aliphatic heterocycles. The van der Waals surface area contributed by atoms with Crippen LogP contribution in [0.3, 0.4) is 0 Å². The minimum absolute atomic E-state index is 0.142. The van der Waals surface area contributed by atoms with E-state index in [-0.39, 0.29) is 17.5 Å². The molecule has 0 aliphatic rings. The average molecular weight is 305 g/mol. The molecule has 7 heteroatoms. The van der Waals surface area contributed by atoms with Crippen molar-refractivity contribution in [2.24, 2.45) is 5.84 Å². The van der Waals surface area contributed by atoms with Gasteiger partial charge in [0.25, 0.3) is 5.91 Å². The van der Waals surface area contributed by atoms with Crippen LogP contribution < -0.4 is 16.6 Å². The Kier molecular flexibility index (Phi) is 4.87. The number of carbonyl (C=O) groups excluding carboxylic acids is 1. The first kappa shape index (κ1) is 15.4. The van der Waals surface area contributed by atoms with Gasteiger partial charge in [-0.05, 0) is 23.9 Å². The van der Waals surface area contributed by atoms with Crippen molar-refractivity contribution in [2.45, 2.75) is 33.2 Å². The van der Waals surface area contributed by atoms with E-state index < -0.39 is 0 Å². The Balaban J connectivity index is 2.17. The maximum Gasteiger partial charge on any atom is 0.272 e. The number of nitrogen functional groups attached to an aromatic ring is 1. The number of nitrogens with zero attached hydrogens (tertiary/aromatic N) is 2. The van der Waals surface area contributed by atoms with Crippen LogP contribution in [0.2, 0.25) is 0 Å². The van der Waals surface area contributed by atoms with Crippen molar-refractivity contribution in [3.8, 4) is 0 Å². The van der Waals surface area contributed by atoms with Gasteiger partial charge in [-0.15, -0.1) is 11.3 Å². The van der Waals surface area contributed by atoms with Crippen LogP contribution in [0.15, 0.2) is 17.6 Å². The lowest BCUT2D eigenvalue weighted by molar-refractivity contribution is 0.0946. The zero-order valence-corrected chi connectivity index (χ0v) is 13.1. The number of amides is 1. The van der Waals surface area contributed by atoms with Crippen LogP contribution in [0.4, 0.5) is 5.69 Å². The summed E-state index contributed by atoms with van der Waals surface area (Å²) in [5, 5.41) is 4.87. The Hall–Kier alpha value is -1.99. The zero-order chi connectivity index (χ0) is 15.4. The summed E-state index contributed by atoms with van der Waals surface area (Å²) < 4.78 is 0. The van der Waals surface area contributed by atoms with Crippen LogP contribution in [0.5, 0.6) is 0 Å². The van der Waals surface area contributed by atoms with Crippen molar-refractivity contribution < 1.29 is 4.79 Å². The molecule has 0 aliphatic carbocycles. The molecule has 0 fully saturated rings. The highest BCUT2D eigenvalue weighted by atomic mass is 32.1. The Morgan fingerprint density at radius 3 is 2.81 bits per heavy atom. The number of hydrogen-bond donors (Lipinski definition) is 3. The summed E-state index contributed by atoms with van der Waals surface area (Å²) >= 11 is 1.62. The smallest absolute Gasteiger partial charge is 0.272 e. The Labute approximate surface area is 127 Å². The lowest BCUT2D eigenvalue weighted by atomic mass is 10.2. The van der Waals surface area contributed by atoms with Gasteiger partial charge in [-0.25, -0.2) is 9.97 Å². The van der Waals surface area contributed by atoms with E-state index in [1.807, 2.05) is 32.2 Å².